The van der Waals surface area contributed by atoms with Crippen molar-refractivity contribution in [2.75, 3.05) is 6.54 Å². The number of carbonyl (C=O) groups excluding carboxylic acids is 2. The fraction of sp³-hybridized carbons (Fsp3) is 0.562. The molecule has 5 nitrogen and oxygen atoms in total. The number of amides is 1. The highest BCUT2D eigenvalue weighted by molar-refractivity contribution is 5.97. The van der Waals surface area contributed by atoms with E-state index >= 15 is 0 Å². The number of likely N-dealkylation sites (tertiary alicyclic amines) is 1. The maximum Gasteiger partial charge on any atom is 0.249 e. The van der Waals surface area contributed by atoms with E-state index in [0.717, 1.165) is 44.2 Å². The second-order valence-corrected chi connectivity index (χ2v) is 5.95. The lowest BCUT2D eigenvalue weighted by Gasteiger charge is -2.24. The number of aromatic nitrogens is 2. The molecule has 2 aliphatic rings. The van der Waals surface area contributed by atoms with E-state index in [1.165, 1.54) is 0 Å². The van der Waals surface area contributed by atoms with Crippen molar-refractivity contribution < 1.29 is 9.59 Å². The van der Waals surface area contributed by atoms with Gasteiger partial charge in [0, 0.05) is 37.8 Å². The number of aryl methyl sites for hydroxylation is 1. The summed E-state index contributed by atoms with van der Waals surface area (Å²) in [5.41, 5.74) is 1.58. The predicted octanol–water partition coefficient (Wildman–Crippen LogP) is 2.09. The number of rotatable bonds is 4. The van der Waals surface area contributed by atoms with Crippen LogP contribution in [0.25, 0.3) is 0 Å². The van der Waals surface area contributed by atoms with E-state index in [-0.39, 0.29) is 17.7 Å². The van der Waals surface area contributed by atoms with E-state index in [1.54, 1.807) is 24.1 Å². The van der Waals surface area contributed by atoms with E-state index in [2.05, 4.69) is 11.2 Å². The third-order valence-corrected chi connectivity index (χ3v) is 4.40. The van der Waals surface area contributed by atoms with Crippen molar-refractivity contribution in [3.63, 3.8) is 0 Å². The summed E-state index contributed by atoms with van der Waals surface area (Å²) < 4.78 is 1.63. The van der Waals surface area contributed by atoms with E-state index in [9.17, 15) is 9.59 Å². The van der Waals surface area contributed by atoms with Crippen molar-refractivity contribution in [3.8, 4) is 0 Å². The van der Waals surface area contributed by atoms with Crippen LogP contribution in [-0.4, -0.2) is 39.0 Å². The Morgan fingerprint density at radius 3 is 2.90 bits per heavy atom. The number of allylic oxidation sites excluding steroid dienone is 1. The molecule has 5 heteroatoms. The third-order valence-electron chi connectivity index (χ3n) is 4.40. The van der Waals surface area contributed by atoms with Crippen LogP contribution in [0, 0.1) is 0 Å². The maximum absolute atomic E-state index is 12.5. The molecular formula is C16H21N3O2. The summed E-state index contributed by atoms with van der Waals surface area (Å²) in [5, 5.41) is 4.04. The van der Waals surface area contributed by atoms with Gasteiger partial charge in [0.1, 0.15) is 0 Å². The maximum atomic E-state index is 12.5. The largest absolute Gasteiger partial charge is 0.335 e. The van der Waals surface area contributed by atoms with Crippen LogP contribution in [0.15, 0.2) is 24.0 Å². The molecule has 3 rings (SSSR count). The highest BCUT2D eigenvalue weighted by atomic mass is 16.2. The first kappa shape index (κ1) is 14.0. The minimum Gasteiger partial charge on any atom is -0.335 e. The number of Topliss-reactive ketones (excluding diaryl/α,β-unsaturated/α-hetero) is 1. The molecule has 0 N–H and O–H groups in total. The van der Waals surface area contributed by atoms with Gasteiger partial charge in [-0.3, -0.25) is 14.3 Å². The summed E-state index contributed by atoms with van der Waals surface area (Å²) in [6.07, 6.45) is 10.7. The van der Waals surface area contributed by atoms with Gasteiger partial charge in [0.25, 0.3) is 0 Å². The van der Waals surface area contributed by atoms with Crippen molar-refractivity contribution in [2.45, 2.75) is 44.6 Å². The Morgan fingerprint density at radius 1 is 1.38 bits per heavy atom. The SMILES string of the molecule is Cn1cc(C(=O)C[C@@H]2CCCN2C(=O)C2=CCCC2)cn1. The number of carbonyl (C=O) groups is 2. The van der Waals surface area contributed by atoms with E-state index in [0.29, 0.717) is 12.0 Å². The number of hydrogen-bond acceptors (Lipinski definition) is 3. The first-order valence-electron chi connectivity index (χ1n) is 7.67. The van der Waals surface area contributed by atoms with E-state index in [4.69, 9.17) is 0 Å². The Balaban J connectivity index is 1.66. The van der Waals surface area contributed by atoms with Crippen LogP contribution in [0.2, 0.25) is 0 Å². The van der Waals surface area contributed by atoms with Crippen LogP contribution in [0.3, 0.4) is 0 Å². The fourth-order valence-corrected chi connectivity index (χ4v) is 3.26. The third kappa shape index (κ3) is 2.91. The highest BCUT2D eigenvalue weighted by Gasteiger charge is 2.32. The first-order chi connectivity index (χ1) is 10.1. The Morgan fingerprint density at radius 2 is 2.24 bits per heavy atom. The lowest BCUT2D eigenvalue weighted by molar-refractivity contribution is -0.127. The van der Waals surface area contributed by atoms with Crippen LogP contribution in [0.4, 0.5) is 0 Å². The Hall–Kier alpha value is -1.91. The molecule has 1 aliphatic heterocycles. The molecular weight excluding hydrogens is 266 g/mol. The number of nitrogens with zero attached hydrogens (tertiary/aromatic N) is 3. The van der Waals surface area contributed by atoms with Crippen LogP contribution >= 0.6 is 0 Å². The average molecular weight is 287 g/mol. The molecule has 0 saturated carbocycles. The zero-order valence-corrected chi connectivity index (χ0v) is 12.4. The van der Waals surface area contributed by atoms with Crippen LogP contribution in [0.1, 0.15) is 48.9 Å². The molecule has 0 bridgehead atoms. The second kappa shape index (κ2) is 5.84. The van der Waals surface area contributed by atoms with Gasteiger partial charge in [-0.15, -0.1) is 0 Å². The van der Waals surface area contributed by atoms with Crippen LogP contribution < -0.4 is 0 Å². The molecule has 2 heterocycles. The first-order valence-corrected chi connectivity index (χ1v) is 7.67. The molecule has 1 aliphatic carbocycles. The molecule has 21 heavy (non-hydrogen) atoms. The monoisotopic (exact) mass is 287 g/mol. The molecule has 0 radical (unpaired) electrons. The lowest BCUT2D eigenvalue weighted by atomic mass is 10.0. The average Bonchev–Trinajstić information content (AvgIpc) is 3.18. The summed E-state index contributed by atoms with van der Waals surface area (Å²) >= 11 is 0. The summed E-state index contributed by atoms with van der Waals surface area (Å²) in [4.78, 5) is 26.7. The smallest absolute Gasteiger partial charge is 0.249 e. The van der Waals surface area contributed by atoms with Gasteiger partial charge >= 0.3 is 0 Å². The fourth-order valence-electron chi connectivity index (χ4n) is 3.26. The number of hydrogen-bond donors (Lipinski definition) is 0. The van der Waals surface area contributed by atoms with Gasteiger partial charge in [-0.05, 0) is 32.1 Å². The molecule has 1 amide bonds. The Kier molecular flexibility index (Phi) is 3.90. The van der Waals surface area contributed by atoms with Crippen LogP contribution in [-0.2, 0) is 11.8 Å². The highest BCUT2D eigenvalue weighted by Crippen LogP contribution is 2.27. The van der Waals surface area contributed by atoms with Gasteiger partial charge in [0.2, 0.25) is 5.91 Å². The molecule has 112 valence electrons. The van der Waals surface area contributed by atoms with Gasteiger partial charge in [0.05, 0.1) is 11.8 Å². The van der Waals surface area contributed by atoms with Gasteiger partial charge in [0.15, 0.2) is 5.78 Å². The second-order valence-electron chi connectivity index (χ2n) is 5.95. The zero-order chi connectivity index (χ0) is 14.8. The molecule has 0 spiro atoms. The summed E-state index contributed by atoms with van der Waals surface area (Å²) in [6, 6.07) is 0.0479. The van der Waals surface area contributed by atoms with E-state index in [1.807, 2.05) is 4.90 Å². The minimum absolute atomic E-state index is 0.0479. The summed E-state index contributed by atoms with van der Waals surface area (Å²) in [7, 11) is 1.80. The summed E-state index contributed by atoms with van der Waals surface area (Å²) in [6.45, 7) is 0.779. The van der Waals surface area contributed by atoms with Crippen molar-refractivity contribution >= 4 is 11.7 Å². The quantitative estimate of drug-likeness (QED) is 0.797. The van der Waals surface area contributed by atoms with Gasteiger partial charge in [-0.1, -0.05) is 6.08 Å². The number of ketones is 1. The standard InChI is InChI=1S/C16H21N3O2/c1-18-11-13(10-17-18)15(20)9-14-7-4-8-19(14)16(21)12-5-2-3-6-12/h5,10-11,14H,2-4,6-9H2,1H3/t14-/m0/s1. The molecule has 1 fully saturated rings. The van der Waals surface area contributed by atoms with Crippen molar-refractivity contribution in [2.24, 2.45) is 7.05 Å². The molecule has 0 unspecified atom stereocenters. The normalized spacial score (nSPS) is 21.7. The topological polar surface area (TPSA) is 55.2 Å². The van der Waals surface area contributed by atoms with E-state index < -0.39 is 0 Å². The van der Waals surface area contributed by atoms with Crippen molar-refractivity contribution in [3.05, 3.63) is 29.6 Å². The predicted molar refractivity (Wildman–Crippen MR) is 78.8 cm³/mol. The molecule has 1 aromatic rings. The molecule has 0 aromatic carbocycles. The zero-order valence-electron chi connectivity index (χ0n) is 12.4. The van der Waals surface area contributed by atoms with Gasteiger partial charge in [-0.2, -0.15) is 5.10 Å². The van der Waals surface area contributed by atoms with Gasteiger partial charge in [-0.25, -0.2) is 0 Å². The Bertz CT molecular complexity index is 588. The van der Waals surface area contributed by atoms with Crippen molar-refractivity contribution in [1.82, 2.24) is 14.7 Å². The van der Waals surface area contributed by atoms with Crippen LogP contribution in [0.5, 0.6) is 0 Å². The summed E-state index contributed by atoms with van der Waals surface area (Å²) in [5.74, 6) is 0.224. The minimum atomic E-state index is 0.0479. The molecule has 1 atom stereocenters. The van der Waals surface area contributed by atoms with Crippen molar-refractivity contribution in [1.29, 1.82) is 0 Å². The van der Waals surface area contributed by atoms with Gasteiger partial charge < -0.3 is 4.90 Å². The molecule has 1 aromatic heterocycles. The lowest BCUT2D eigenvalue weighted by Crippen LogP contribution is -2.37. The molecule has 1 saturated heterocycles. The Labute approximate surface area is 124 Å².